The number of carbonyl (C=O) groups is 3. The fraction of sp³-hybridized carbons (Fsp3) is 0.289. The molecule has 0 saturated carbocycles. The first-order chi connectivity index (χ1) is 22.8. The number of fused-ring (bicyclic) bond motifs is 3. The summed E-state index contributed by atoms with van der Waals surface area (Å²) in [7, 11) is 0. The summed E-state index contributed by atoms with van der Waals surface area (Å²) < 4.78 is 11.8. The number of amides is 2. The van der Waals surface area contributed by atoms with E-state index in [0.29, 0.717) is 13.1 Å². The number of hydrogen-bond acceptors (Lipinski definition) is 6. The van der Waals surface area contributed by atoms with Gasteiger partial charge in [0.25, 0.3) is 0 Å². The monoisotopic (exact) mass is 633 g/mol. The lowest BCUT2D eigenvalue weighted by molar-refractivity contribution is -0.148. The van der Waals surface area contributed by atoms with Crippen LogP contribution >= 0.6 is 0 Å². The third-order valence-corrected chi connectivity index (χ3v) is 9.09. The molecule has 1 unspecified atom stereocenters. The Bertz CT molecular complexity index is 1670. The van der Waals surface area contributed by atoms with Gasteiger partial charge in [0.15, 0.2) is 5.54 Å². The Morgan fingerprint density at radius 1 is 0.851 bits per heavy atom. The van der Waals surface area contributed by atoms with Gasteiger partial charge in [-0.2, -0.15) is 0 Å². The smallest absolute Gasteiger partial charge is 0.407 e. The number of aliphatic carboxylic acids is 1. The number of ether oxygens (including phenoxy) is 2. The molecule has 1 saturated heterocycles. The van der Waals surface area contributed by atoms with E-state index in [2.05, 4.69) is 22.8 Å². The highest BCUT2D eigenvalue weighted by Gasteiger charge is 2.47. The van der Waals surface area contributed by atoms with Crippen molar-refractivity contribution in [2.75, 3.05) is 19.7 Å². The molecule has 242 valence electrons. The molecule has 47 heavy (non-hydrogen) atoms. The van der Waals surface area contributed by atoms with Crippen LogP contribution in [0.3, 0.4) is 0 Å². The van der Waals surface area contributed by atoms with Crippen LogP contribution in [0.25, 0.3) is 11.1 Å². The van der Waals surface area contributed by atoms with E-state index in [1.807, 2.05) is 102 Å². The van der Waals surface area contributed by atoms with E-state index >= 15 is 0 Å². The predicted octanol–water partition coefficient (Wildman–Crippen LogP) is 5.34. The molecule has 1 aliphatic heterocycles. The molecular formula is C38H39N3O6. The number of alkyl carbamates (subject to hydrolysis) is 1. The SMILES string of the molecule is C[C@H](OCc1ccccc1)[C@@H](NC(=O)OCC1c2ccccc2-c2ccccc21)C(=O)NC1(C(=O)O)CCN(Cc2ccccc2)C1. The van der Waals surface area contributed by atoms with Gasteiger partial charge in [-0.1, -0.05) is 109 Å². The number of hydrogen-bond donors (Lipinski definition) is 3. The van der Waals surface area contributed by atoms with E-state index in [1.54, 1.807) is 6.92 Å². The van der Waals surface area contributed by atoms with E-state index in [1.165, 1.54) is 0 Å². The molecule has 1 aliphatic carbocycles. The second-order valence-electron chi connectivity index (χ2n) is 12.3. The maximum Gasteiger partial charge on any atom is 0.407 e. The molecule has 0 bridgehead atoms. The summed E-state index contributed by atoms with van der Waals surface area (Å²) in [6.07, 6.45) is -1.37. The van der Waals surface area contributed by atoms with Crippen molar-refractivity contribution in [3.63, 3.8) is 0 Å². The number of carboxylic acid groups (broad SMARTS) is 1. The third kappa shape index (κ3) is 7.21. The fourth-order valence-corrected chi connectivity index (χ4v) is 6.57. The minimum Gasteiger partial charge on any atom is -0.479 e. The number of benzene rings is 4. The second-order valence-corrected chi connectivity index (χ2v) is 12.3. The van der Waals surface area contributed by atoms with Gasteiger partial charge in [0.2, 0.25) is 5.91 Å². The van der Waals surface area contributed by atoms with E-state index in [9.17, 15) is 19.5 Å². The molecular weight excluding hydrogens is 594 g/mol. The number of nitrogens with zero attached hydrogens (tertiary/aromatic N) is 1. The van der Waals surface area contributed by atoms with Crippen LogP contribution < -0.4 is 10.6 Å². The van der Waals surface area contributed by atoms with Gasteiger partial charge in [-0.05, 0) is 46.7 Å². The number of likely N-dealkylation sites (tertiary alicyclic amines) is 1. The van der Waals surface area contributed by atoms with Gasteiger partial charge in [-0.25, -0.2) is 9.59 Å². The largest absolute Gasteiger partial charge is 0.479 e. The maximum absolute atomic E-state index is 13.9. The molecule has 2 amide bonds. The summed E-state index contributed by atoms with van der Waals surface area (Å²) in [5.41, 5.74) is 4.78. The molecule has 1 fully saturated rings. The Labute approximate surface area is 274 Å². The summed E-state index contributed by atoms with van der Waals surface area (Å²) in [5, 5.41) is 15.8. The first kappa shape index (κ1) is 32.0. The van der Waals surface area contributed by atoms with Gasteiger partial charge in [-0.3, -0.25) is 9.69 Å². The van der Waals surface area contributed by atoms with Gasteiger partial charge in [-0.15, -0.1) is 0 Å². The normalized spacial score (nSPS) is 18.5. The first-order valence-corrected chi connectivity index (χ1v) is 15.9. The van der Waals surface area contributed by atoms with E-state index in [-0.39, 0.29) is 32.1 Å². The Balaban J connectivity index is 1.16. The van der Waals surface area contributed by atoms with Gasteiger partial charge in [0.05, 0.1) is 12.7 Å². The van der Waals surface area contributed by atoms with Crippen molar-refractivity contribution in [3.05, 3.63) is 131 Å². The lowest BCUT2D eigenvalue weighted by Gasteiger charge is -2.31. The maximum atomic E-state index is 13.9. The van der Waals surface area contributed by atoms with E-state index in [4.69, 9.17) is 9.47 Å². The first-order valence-electron chi connectivity index (χ1n) is 15.9. The summed E-state index contributed by atoms with van der Waals surface area (Å²) in [4.78, 5) is 41.9. The van der Waals surface area contributed by atoms with Crippen molar-refractivity contribution in [1.29, 1.82) is 0 Å². The average molecular weight is 634 g/mol. The quantitative estimate of drug-likeness (QED) is 0.193. The van der Waals surface area contributed by atoms with Crippen LogP contribution in [0.4, 0.5) is 4.79 Å². The van der Waals surface area contributed by atoms with Crippen molar-refractivity contribution < 1.29 is 29.0 Å². The molecule has 4 aromatic rings. The van der Waals surface area contributed by atoms with Crippen molar-refractivity contribution in [1.82, 2.24) is 15.5 Å². The number of carboxylic acids is 1. The number of carbonyl (C=O) groups excluding carboxylic acids is 2. The molecule has 3 N–H and O–H groups in total. The summed E-state index contributed by atoms with van der Waals surface area (Å²) in [6, 6.07) is 34.1. The zero-order chi connectivity index (χ0) is 32.8. The lowest BCUT2D eigenvalue weighted by atomic mass is 9.97. The van der Waals surface area contributed by atoms with Gasteiger partial charge in [0.1, 0.15) is 12.6 Å². The Hall–Kier alpha value is -4.99. The predicted molar refractivity (Wildman–Crippen MR) is 178 cm³/mol. The molecule has 0 radical (unpaired) electrons. The van der Waals surface area contributed by atoms with Crippen molar-refractivity contribution in [3.8, 4) is 11.1 Å². The average Bonchev–Trinajstić information content (AvgIpc) is 3.65. The third-order valence-electron chi connectivity index (χ3n) is 9.09. The summed E-state index contributed by atoms with van der Waals surface area (Å²) in [5.74, 6) is -1.93. The zero-order valence-corrected chi connectivity index (χ0v) is 26.3. The van der Waals surface area contributed by atoms with Gasteiger partial charge < -0.3 is 25.2 Å². The van der Waals surface area contributed by atoms with Crippen molar-refractivity contribution in [2.45, 2.75) is 50.1 Å². The molecule has 2 aliphatic rings. The molecule has 3 atom stereocenters. The fourth-order valence-electron chi connectivity index (χ4n) is 6.57. The molecule has 0 spiro atoms. The minimum atomic E-state index is -1.52. The molecule has 9 heteroatoms. The molecule has 0 aromatic heterocycles. The van der Waals surface area contributed by atoms with Crippen LogP contribution in [0.5, 0.6) is 0 Å². The Kier molecular flexibility index (Phi) is 9.65. The lowest BCUT2D eigenvalue weighted by Crippen LogP contribution is -2.62. The molecule has 1 heterocycles. The van der Waals surface area contributed by atoms with Crippen LogP contribution in [0.15, 0.2) is 109 Å². The Morgan fingerprint density at radius 2 is 1.43 bits per heavy atom. The van der Waals surface area contributed by atoms with Gasteiger partial charge >= 0.3 is 12.1 Å². The van der Waals surface area contributed by atoms with E-state index < -0.39 is 35.7 Å². The number of rotatable bonds is 12. The highest BCUT2D eigenvalue weighted by atomic mass is 16.5. The number of nitrogens with one attached hydrogen (secondary N) is 2. The van der Waals surface area contributed by atoms with Crippen molar-refractivity contribution in [2.24, 2.45) is 0 Å². The second kappa shape index (κ2) is 14.2. The summed E-state index contributed by atoms with van der Waals surface area (Å²) in [6.45, 7) is 3.13. The molecule has 6 rings (SSSR count). The van der Waals surface area contributed by atoms with E-state index in [0.717, 1.165) is 33.4 Å². The van der Waals surface area contributed by atoms with Crippen LogP contribution in [0, 0.1) is 0 Å². The van der Waals surface area contributed by atoms with Crippen LogP contribution in [-0.4, -0.2) is 65.4 Å². The topological polar surface area (TPSA) is 117 Å². The van der Waals surface area contributed by atoms with Crippen LogP contribution in [-0.2, 0) is 32.2 Å². The molecule has 4 aromatic carbocycles. The van der Waals surface area contributed by atoms with Crippen molar-refractivity contribution >= 4 is 18.0 Å². The van der Waals surface area contributed by atoms with Crippen LogP contribution in [0.2, 0.25) is 0 Å². The van der Waals surface area contributed by atoms with Crippen LogP contribution in [0.1, 0.15) is 41.5 Å². The standard InChI is InChI=1S/C38H39N3O6/c1-26(46-23-28-14-6-3-7-15-28)34(35(42)40-38(36(43)44)20-21-41(25-38)22-27-12-4-2-5-13-27)39-37(45)47-24-33-31-18-10-8-16-29(31)30-17-9-11-19-32(30)33/h2-19,26,33-34H,20-25H2,1H3,(H,39,45)(H,40,42)(H,43,44)/t26-,34+,38?/m0/s1. The molecule has 9 nitrogen and oxygen atoms in total. The highest BCUT2D eigenvalue weighted by molar-refractivity contribution is 5.92. The Morgan fingerprint density at radius 3 is 2.04 bits per heavy atom. The zero-order valence-electron chi connectivity index (χ0n) is 26.3. The summed E-state index contributed by atoms with van der Waals surface area (Å²) >= 11 is 0. The van der Waals surface area contributed by atoms with Gasteiger partial charge in [0, 0.05) is 25.6 Å². The minimum absolute atomic E-state index is 0.0704. The highest BCUT2D eigenvalue weighted by Crippen LogP contribution is 2.44.